The molecule has 2 fully saturated rings. The Kier molecular flexibility index (Phi) is 2.82. The van der Waals surface area contributed by atoms with E-state index in [4.69, 9.17) is 4.74 Å². The maximum absolute atomic E-state index is 5.60. The van der Waals surface area contributed by atoms with Gasteiger partial charge in [0.2, 0.25) is 0 Å². The van der Waals surface area contributed by atoms with E-state index in [1.165, 1.54) is 6.54 Å². The second kappa shape index (κ2) is 3.80. The highest BCUT2D eigenvalue weighted by atomic mass is 16.5. The van der Waals surface area contributed by atoms with Crippen LogP contribution in [-0.2, 0) is 4.74 Å². The van der Waals surface area contributed by atoms with Crippen LogP contribution in [-0.4, -0.2) is 50.8 Å². The maximum Gasteiger partial charge on any atom is 0.0625 e. The third-order valence-electron chi connectivity index (χ3n) is 3.78. The van der Waals surface area contributed by atoms with Gasteiger partial charge in [-0.1, -0.05) is 13.8 Å². The van der Waals surface area contributed by atoms with Crippen molar-refractivity contribution >= 4 is 0 Å². The zero-order chi connectivity index (χ0) is 10.2. The lowest BCUT2D eigenvalue weighted by Crippen LogP contribution is -2.37. The Bertz CT molecular complexity index is 205. The molecular formula is C11H22N2O. The van der Waals surface area contributed by atoms with Crippen molar-refractivity contribution in [2.45, 2.75) is 19.9 Å². The highest BCUT2D eigenvalue weighted by Gasteiger charge is 2.49. The van der Waals surface area contributed by atoms with Crippen molar-refractivity contribution in [3.05, 3.63) is 0 Å². The lowest BCUT2D eigenvalue weighted by molar-refractivity contribution is 0.121. The Labute approximate surface area is 86.8 Å². The normalized spacial score (nSPS) is 36.2. The summed E-state index contributed by atoms with van der Waals surface area (Å²) < 4.78 is 5.60. The van der Waals surface area contributed by atoms with Gasteiger partial charge in [-0.05, 0) is 12.5 Å². The monoisotopic (exact) mass is 198 g/mol. The standard InChI is InChI=1S/C11H22N2O/c1-11(2)8-13(5-4-12-3)10-7-14-6-9(10)11/h9-10,12H,4-8H2,1-3H3. The molecule has 82 valence electrons. The van der Waals surface area contributed by atoms with E-state index < -0.39 is 0 Å². The zero-order valence-electron chi connectivity index (χ0n) is 9.55. The molecule has 2 aliphatic rings. The van der Waals surface area contributed by atoms with E-state index in [-0.39, 0.29) is 0 Å². The summed E-state index contributed by atoms with van der Waals surface area (Å²) in [6.07, 6.45) is 0. The first kappa shape index (κ1) is 10.4. The number of nitrogens with zero attached hydrogens (tertiary/aromatic N) is 1. The second-order valence-corrected chi connectivity index (χ2v) is 5.27. The van der Waals surface area contributed by atoms with Gasteiger partial charge < -0.3 is 10.1 Å². The van der Waals surface area contributed by atoms with Crippen LogP contribution in [0.4, 0.5) is 0 Å². The second-order valence-electron chi connectivity index (χ2n) is 5.27. The van der Waals surface area contributed by atoms with Crippen molar-refractivity contribution in [3.63, 3.8) is 0 Å². The van der Waals surface area contributed by atoms with Crippen LogP contribution in [0, 0.1) is 11.3 Å². The Hall–Kier alpha value is -0.120. The molecule has 0 radical (unpaired) electrons. The Balaban J connectivity index is 2.00. The summed E-state index contributed by atoms with van der Waals surface area (Å²) in [6.45, 7) is 10.1. The first-order valence-electron chi connectivity index (χ1n) is 5.61. The number of fused-ring (bicyclic) bond motifs is 1. The maximum atomic E-state index is 5.60. The molecule has 0 bridgehead atoms. The van der Waals surface area contributed by atoms with Gasteiger partial charge in [-0.2, -0.15) is 0 Å². The number of nitrogens with one attached hydrogen (secondary N) is 1. The molecule has 2 saturated heterocycles. The molecule has 2 aliphatic heterocycles. The largest absolute Gasteiger partial charge is 0.379 e. The SMILES string of the molecule is CNCCN1CC(C)(C)C2COCC21. The average molecular weight is 198 g/mol. The van der Waals surface area contributed by atoms with Crippen LogP contribution >= 0.6 is 0 Å². The molecule has 3 nitrogen and oxygen atoms in total. The lowest BCUT2D eigenvalue weighted by atomic mass is 9.80. The third-order valence-corrected chi connectivity index (χ3v) is 3.78. The van der Waals surface area contributed by atoms with Gasteiger partial charge in [-0.25, -0.2) is 0 Å². The molecule has 14 heavy (non-hydrogen) atoms. The minimum atomic E-state index is 0.439. The summed E-state index contributed by atoms with van der Waals surface area (Å²) in [5, 5.41) is 3.22. The van der Waals surface area contributed by atoms with E-state index in [0.29, 0.717) is 11.5 Å². The lowest BCUT2D eigenvalue weighted by Gasteiger charge is -2.23. The number of hydrogen-bond acceptors (Lipinski definition) is 3. The van der Waals surface area contributed by atoms with E-state index in [9.17, 15) is 0 Å². The fraction of sp³-hybridized carbons (Fsp3) is 1.00. The Morgan fingerprint density at radius 2 is 2.21 bits per heavy atom. The summed E-state index contributed by atoms with van der Waals surface area (Å²) in [4.78, 5) is 2.59. The number of hydrogen-bond donors (Lipinski definition) is 1. The predicted molar refractivity (Wildman–Crippen MR) is 57.4 cm³/mol. The smallest absolute Gasteiger partial charge is 0.0625 e. The molecule has 0 amide bonds. The van der Waals surface area contributed by atoms with Crippen LogP contribution in [0.1, 0.15) is 13.8 Å². The zero-order valence-corrected chi connectivity index (χ0v) is 9.55. The summed E-state index contributed by atoms with van der Waals surface area (Å²) >= 11 is 0. The van der Waals surface area contributed by atoms with Crippen LogP contribution in [0.5, 0.6) is 0 Å². The predicted octanol–water partition coefficient (Wildman–Crippen LogP) is 0.563. The molecule has 0 aromatic heterocycles. The third kappa shape index (κ3) is 1.69. The quantitative estimate of drug-likeness (QED) is 0.717. The molecule has 2 heterocycles. The molecule has 3 heteroatoms. The molecule has 1 N–H and O–H groups in total. The topological polar surface area (TPSA) is 24.5 Å². The van der Waals surface area contributed by atoms with Crippen molar-refractivity contribution < 1.29 is 4.74 Å². The fourth-order valence-corrected chi connectivity index (χ4v) is 2.91. The van der Waals surface area contributed by atoms with Crippen LogP contribution < -0.4 is 5.32 Å². The van der Waals surface area contributed by atoms with Gasteiger partial charge in [0.1, 0.15) is 0 Å². The van der Waals surface area contributed by atoms with Crippen LogP contribution in [0.3, 0.4) is 0 Å². The average Bonchev–Trinajstić information content (AvgIpc) is 2.67. The first-order valence-corrected chi connectivity index (χ1v) is 5.61. The van der Waals surface area contributed by atoms with E-state index in [0.717, 1.165) is 32.2 Å². The molecule has 2 atom stereocenters. The van der Waals surface area contributed by atoms with Crippen LogP contribution in [0.25, 0.3) is 0 Å². The van der Waals surface area contributed by atoms with Gasteiger partial charge in [0, 0.05) is 31.6 Å². The van der Waals surface area contributed by atoms with Crippen molar-refractivity contribution in [1.29, 1.82) is 0 Å². The minimum Gasteiger partial charge on any atom is -0.379 e. The summed E-state index contributed by atoms with van der Waals surface area (Å²) in [7, 11) is 2.02. The number of likely N-dealkylation sites (N-methyl/N-ethyl adjacent to an activating group) is 1. The molecule has 0 aliphatic carbocycles. The van der Waals surface area contributed by atoms with Gasteiger partial charge in [0.25, 0.3) is 0 Å². The van der Waals surface area contributed by atoms with Gasteiger partial charge in [-0.3, -0.25) is 4.90 Å². The highest BCUT2D eigenvalue weighted by molar-refractivity contribution is 5.00. The number of rotatable bonds is 3. The van der Waals surface area contributed by atoms with E-state index in [1.54, 1.807) is 0 Å². The fourth-order valence-electron chi connectivity index (χ4n) is 2.91. The van der Waals surface area contributed by atoms with Crippen LogP contribution in [0.15, 0.2) is 0 Å². The van der Waals surface area contributed by atoms with Crippen LogP contribution in [0.2, 0.25) is 0 Å². The van der Waals surface area contributed by atoms with Gasteiger partial charge in [0.15, 0.2) is 0 Å². The van der Waals surface area contributed by atoms with Crippen molar-refractivity contribution in [1.82, 2.24) is 10.2 Å². The molecule has 0 aromatic carbocycles. The number of ether oxygens (including phenoxy) is 1. The van der Waals surface area contributed by atoms with Gasteiger partial charge >= 0.3 is 0 Å². The summed E-state index contributed by atoms with van der Waals surface area (Å²) in [6, 6.07) is 0.679. The van der Waals surface area contributed by atoms with E-state index in [1.807, 2.05) is 7.05 Å². The Morgan fingerprint density at radius 3 is 2.93 bits per heavy atom. The molecule has 0 saturated carbocycles. The van der Waals surface area contributed by atoms with E-state index in [2.05, 4.69) is 24.1 Å². The molecular weight excluding hydrogens is 176 g/mol. The molecule has 0 spiro atoms. The molecule has 0 aromatic rings. The minimum absolute atomic E-state index is 0.439. The molecule has 2 rings (SSSR count). The van der Waals surface area contributed by atoms with Gasteiger partial charge in [-0.15, -0.1) is 0 Å². The number of likely N-dealkylation sites (tertiary alicyclic amines) is 1. The van der Waals surface area contributed by atoms with Crippen molar-refractivity contribution in [2.75, 3.05) is 39.9 Å². The van der Waals surface area contributed by atoms with Crippen molar-refractivity contribution in [2.24, 2.45) is 11.3 Å². The molecule has 2 unspecified atom stereocenters. The highest BCUT2D eigenvalue weighted by Crippen LogP contribution is 2.42. The Morgan fingerprint density at radius 1 is 1.43 bits per heavy atom. The van der Waals surface area contributed by atoms with E-state index >= 15 is 0 Å². The van der Waals surface area contributed by atoms with Gasteiger partial charge in [0.05, 0.1) is 13.2 Å². The summed E-state index contributed by atoms with van der Waals surface area (Å²) in [5.74, 6) is 0.749. The first-order chi connectivity index (χ1) is 6.65. The van der Waals surface area contributed by atoms with Crippen molar-refractivity contribution in [3.8, 4) is 0 Å². The summed E-state index contributed by atoms with van der Waals surface area (Å²) in [5.41, 5.74) is 0.439.